The molecule has 0 atom stereocenters. The van der Waals surface area contributed by atoms with Crippen LogP contribution in [0.5, 0.6) is 5.75 Å². The molecule has 0 amide bonds. The number of aromatic nitrogens is 2. The maximum Gasteiger partial charge on any atom is 0.376 e. The van der Waals surface area contributed by atoms with Crippen LogP contribution in [-0.2, 0) is 4.74 Å². The van der Waals surface area contributed by atoms with Crippen LogP contribution >= 0.6 is 15.9 Å². The standard InChI is InChI=1S/C13H11BrN2O3/c1-18-11-4-3-8(14)7-9(11)10-5-6-15-12(16-10)13(17)19-2/h3-7H,1-2H3. The molecule has 0 unspecified atom stereocenters. The lowest BCUT2D eigenvalue weighted by molar-refractivity contribution is 0.0587. The third kappa shape index (κ3) is 2.90. The van der Waals surface area contributed by atoms with Crippen LogP contribution in [0.25, 0.3) is 11.3 Å². The Hall–Kier alpha value is -1.95. The van der Waals surface area contributed by atoms with Crippen LogP contribution in [0.4, 0.5) is 0 Å². The molecule has 0 aliphatic heterocycles. The average molecular weight is 323 g/mol. The van der Waals surface area contributed by atoms with Gasteiger partial charge in [0.1, 0.15) is 5.75 Å². The summed E-state index contributed by atoms with van der Waals surface area (Å²) in [5, 5.41) is 0. The Balaban J connectivity index is 2.52. The number of methoxy groups -OCH3 is 2. The van der Waals surface area contributed by atoms with E-state index >= 15 is 0 Å². The molecule has 0 saturated carbocycles. The van der Waals surface area contributed by atoms with Gasteiger partial charge < -0.3 is 9.47 Å². The molecule has 1 aromatic heterocycles. The Labute approximate surface area is 118 Å². The molecule has 0 saturated heterocycles. The van der Waals surface area contributed by atoms with Crippen molar-refractivity contribution in [1.82, 2.24) is 9.97 Å². The molecular weight excluding hydrogens is 312 g/mol. The summed E-state index contributed by atoms with van der Waals surface area (Å²) in [7, 11) is 2.87. The van der Waals surface area contributed by atoms with Gasteiger partial charge in [-0.25, -0.2) is 14.8 Å². The number of halogens is 1. The number of benzene rings is 1. The van der Waals surface area contributed by atoms with Crippen LogP contribution in [-0.4, -0.2) is 30.2 Å². The first kappa shape index (κ1) is 13.5. The van der Waals surface area contributed by atoms with Crippen LogP contribution < -0.4 is 4.74 Å². The van der Waals surface area contributed by atoms with Gasteiger partial charge in [0, 0.05) is 16.2 Å². The molecule has 0 spiro atoms. The predicted octanol–water partition coefficient (Wildman–Crippen LogP) is 2.70. The molecule has 2 aromatic rings. The summed E-state index contributed by atoms with van der Waals surface area (Å²) in [5.74, 6) is 0.107. The molecule has 6 heteroatoms. The van der Waals surface area contributed by atoms with Crippen molar-refractivity contribution in [1.29, 1.82) is 0 Å². The molecule has 0 N–H and O–H groups in total. The third-order valence-electron chi connectivity index (χ3n) is 2.46. The largest absolute Gasteiger partial charge is 0.496 e. The first-order valence-corrected chi connectivity index (χ1v) is 6.20. The smallest absolute Gasteiger partial charge is 0.376 e. The second-order valence-electron chi connectivity index (χ2n) is 3.60. The Morgan fingerprint density at radius 1 is 1.26 bits per heavy atom. The number of hydrogen-bond acceptors (Lipinski definition) is 5. The minimum atomic E-state index is -0.573. The van der Waals surface area contributed by atoms with Gasteiger partial charge in [-0.15, -0.1) is 0 Å². The minimum Gasteiger partial charge on any atom is -0.496 e. The normalized spacial score (nSPS) is 10.1. The molecule has 0 radical (unpaired) electrons. The number of nitrogens with zero attached hydrogens (tertiary/aromatic N) is 2. The van der Waals surface area contributed by atoms with Gasteiger partial charge in [-0.2, -0.15) is 0 Å². The molecule has 2 rings (SSSR count). The Morgan fingerprint density at radius 2 is 2.05 bits per heavy atom. The van der Waals surface area contributed by atoms with E-state index in [1.165, 1.54) is 13.3 Å². The zero-order chi connectivity index (χ0) is 13.8. The van der Waals surface area contributed by atoms with E-state index < -0.39 is 5.97 Å². The van der Waals surface area contributed by atoms with E-state index in [2.05, 4.69) is 30.6 Å². The van der Waals surface area contributed by atoms with Gasteiger partial charge in [0.2, 0.25) is 5.82 Å². The molecule has 1 heterocycles. The van der Waals surface area contributed by atoms with E-state index in [0.717, 1.165) is 10.0 Å². The summed E-state index contributed by atoms with van der Waals surface area (Å²) in [4.78, 5) is 19.5. The lowest BCUT2D eigenvalue weighted by Crippen LogP contribution is -2.07. The van der Waals surface area contributed by atoms with Gasteiger partial charge in [0.05, 0.1) is 19.9 Å². The Kier molecular flexibility index (Phi) is 4.11. The molecule has 5 nitrogen and oxygen atoms in total. The monoisotopic (exact) mass is 322 g/mol. The average Bonchev–Trinajstić information content (AvgIpc) is 2.46. The Morgan fingerprint density at radius 3 is 2.74 bits per heavy atom. The molecule has 0 fully saturated rings. The van der Waals surface area contributed by atoms with Crippen molar-refractivity contribution in [2.24, 2.45) is 0 Å². The van der Waals surface area contributed by atoms with E-state index in [1.807, 2.05) is 18.2 Å². The number of esters is 1. The number of hydrogen-bond donors (Lipinski definition) is 0. The molecule has 19 heavy (non-hydrogen) atoms. The van der Waals surface area contributed by atoms with Crippen LogP contribution in [0.15, 0.2) is 34.9 Å². The molecule has 0 bridgehead atoms. The van der Waals surface area contributed by atoms with Crippen molar-refractivity contribution < 1.29 is 14.3 Å². The zero-order valence-corrected chi connectivity index (χ0v) is 12.0. The highest BCUT2D eigenvalue weighted by atomic mass is 79.9. The summed E-state index contributed by atoms with van der Waals surface area (Å²) >= 11 is 3.39. The zero-order valence-electron chi connectivity index (χ0n) is 10.4. The fourth-order valence-electron chi connectivity index (χ4n) is 1.58. The number of carbonyl (C=O) groups is 1. The Bertz CT molecular complexity index is 617. The SMILES string of the molecule is COC(=O)c1nccc(-c2cc(Br)ccc2OC)n1. The van der Waals surface area contributed by atoms with Gasteiger partial charge in [-0.05, 0) is 24.3 Å². The van der Waals surface area contributed by atoms with E-state index in [0.29, 0.717) is 11.4 Å². The predicted molar refractivity (Wildman–Crippen MR) is 73.1 cm³/mol. The quantitative estimate of drug-likeness (QED) is 0.813. The minimum absolute atomic E-state index is 0.0158. The van der Waals surface area contributed by atoms with Crippen molar-refractivity contribution in [2.75, 3.05) is 14.2 Å². The number of ether oxygens (including phenoxy) is 2. The van der Waals surface area contributed by atoms with Crippen molar-refractivity contribution in [3.05, 3.63) is 40.8 Å². The van der Waals surface area contributed by atoms with Gasteiger partial charge >= 0.3 is 5.97 Å². The van der Waals surface area contributed by atoms with E-state index in [4.69, 9.17) is 4.74 Å². The van der Waals surface area contributed by atoms with Crippen molar-refractivity contribution in [2.45, 2.75) is 0 Å². The lowest BCUT2D eigenvalue weighted by Gasteiger charge is -2.08. The highest BCUT2D eigenvalue weighted by Gasteiger charge is 2.13. The lowest BCUT2D eigenvalue weighted by atomic mass is 10.1. The first-order valence-electron chi connectivity index (χ1n) is 5.41. The fraction of sp³-hybridized carbons (Fsp3) is 0.154. The third-order valence-corrected chi connectivity index (χ3v) is 2.95. The van der Waals surface area contributed by atoms with E-state index in [9.17, 15) is 4.79 Å². The molecule has 0 aliphatic carbocycles. The van der Waals surface area contributed by atoms with Gasteiger partial charge in [-0.3, -0.25) is 0 Å². The summed E-state index contributed by atoms with van der Waals surface area (Å²) in [6, 6.07) is 7.25. The maximum atomic E-state index is 11.4. The second kappa shape index (κ2) is 5.79. The number of rotatable bonds is 3. The molecular formula is C13H11BrN2O3. The van der Waals surface area contributed by atoms with Crippen LogP contribution in [0.1, 0.15) is 10.6 Å². The topological polar surface area (TPSA) is 61.3 Å². The molecule has 0 aliphatic rings. The highest BCUT2D eigenvalue weighted by molar-refractivity contribution is 9.10. The molecule has 98 valence electrons. The summed E-state index contributed by atoms with van der Waals surface area (Å²) < 4.78 is 10.8. The van der Waals surface area contributed by atoms with Gasteiger partial charge in [0.25, 0.3) is 0 Å². The van der Waals surface area contributed by atoms with E-state index in [1.54, 1.807) is 13.2 Å². The summed E-state index contributed by atoms with van der Waals surface area (Å²) in [6.07, 6.45) is 1.51. The van der Waals surface area contributed by atoms with Gasteiger partial charge in [-0.1, -0.05) is 15.9 Å². The van der Waals surface area contributed by atoms with Crippen LogP contribution in [0.3, 0.4) is 0 Å². The van der Waals surface area contributed by atoms with Crippen molar-refractivity contribution in [3.8, 4) is 17.0 Å². The van der Waals surface area contributed by atoms with Crippen molar-refractivity contribution >= 4 is 21.9 Å². The highest BCUT2D eigenvalue weighted by Crippen LogP contribution is 2.31. The summed E-state index contributed by atoms with van der Waals surface area (Å²) in [5.41, 5.74) is 1.36. The summed E-state index contributed by atoms with van der Waals surface area (Å²) in [6.45, 7) is 0. The van der Waals surface area contributed by atoms with E-state index in [-0.39, 0.29) is 5.82 Å². The van der Waals surface area contributed by atoms with Crippen molar-refractivity contribution in [3.63, 3.8) is 0 Å². The maximum absolute atomic E-state index is 11.4. The van der Waals surface area contributed by atoms with Crippen LogP contribution in [0.2, 0.25) is 0 Å². The van der Waals surface area contributed by atoms with Crippen LogP contribution in [0, 0.1) is 0 Å². The van der Waals surface area contributed by atoms with Gasteiger partial charge in [0.15, 0.2) is 0 Å². The first-order chi connectivity index (χ1) is 9.15. The molecule has 1 aromatic carbocycles. The number of carbonyl (C=O) groups excluding carboxylic acids is 1. The second-order valence-corrected chi connectivity index (χ2v) is 4.52. The fourth-order valence-corrected chi connectivity index (χ4v) is 1.94.